The van der Waals surface area contributed by atoms with Crippen molar-refractivity contribution in [1.82, 2.24) is 0 Å². The lowest BCUT2D eigenvalue weighted by Crippen LogP contribution is -2.18. The Balaban J connectivity index is 2.28. The molecule has 0 aliphatic rings. The predicted octanol–water partition coefficient (Wildman–Crippen LogP) is 8.80. The number of amides is 1. The Kier molecular flexibility index (Phi) is 10.4. The largest absolute Gasteiger partial charge is 0.484 e. The van der Waals surface area contributed by atoms with Crippen molar-refractivity contribution in [2.75, 3.05) is 5.32 Å². The van der Waals surface area contributed by atoms with E-state index in [2.05, 4.69) is 75.6 Å². The second-order valence-corrected chi connectivity index (χ2v) is 10.2. The van der Waals surface area contributed by atoms with E-state index in [4.69, 9.17) is 16.3 Å². The number of carbonyl (C=O) groups is 2. The van der Waals surface area contributed by atoms with Gasteiger partial charge in [0.05, 0.1) is 16.1 Å². The summed E-state index contributed by atoms with van der Waals surface area (Å²) in [5.74, 6) is -1.47. The zero-order valence-electron chi connectivity index (χ0n) is 17.4. The summed E-state index contributed by atoms with van der Waals surface area (Å²) in [6.07, 6.45) is 7.18. The molecule has 0 fully saturated rings. The third-order valence-corrected chi connectivity index (χ3v) is 9.40. The van der Waals surface area contributed by atoms with E-state index in [1.807, 2.05) is 38.2 Å². The Morgan fingerprint density at radius 2 is 1.70 bits per heavy atom. The molecule has 2 rings (SSSR count). The first-order chi connectivity index (χ1) is 15.5. The average molecular weight is 727 g/mol. The maximum absolute atomic E-state index is 13.0. The van der Waals surface area contributed by atoms with Gasteiger partial charge in [-0.2, -0.15) is 0 Å². The van der Waals surface area contributed by atoms with Crippen LogP contribution in [0.1, 0.15) is 34.6 Å². The molecule has 1 amide bonds. The molecule has 2 N–H and O–H groups in total. The quantitative estimate of drug-likeness (QED) is 0.162. The Labute approximate surface area is 230 Å². The van der Waals surface area contributed by atoms with Gasteiger partial charge in [-0.1, -0.05) is 42.5 Å². The molecule has 0 saturated heterocycles. The van der Waals surface area contributed by atoms with E-state index in [9.17, 15) is 14.7 Å². The van der Waals surface area contributed by atoms with Crippen molar-refractivity contribution in [1.29, 1.82) is 0 Å². The minimum atomic E-state index is -1.26. The lowest BCUT2D eigenvalue weighted by Gasteiger charge is -2.17. The van der Waals surface area contributed by atoms with E-state index in [0.29, 0.717) is 20.4 Å². The number of benzene rings is 2. The van der Waals surface area contributed by atoms with Gasteiger partial charge in [0.1, 0.15) is 11.9 Å². The maximum Gasteiger partial charge on any atom is 0.337 e. The van der Waals surface area contributed by atoms with Crippen molar-refractivity contribution in [2.24, 2.45) is 0 Å². The van der Waals surface area contributed by atoms with Crippen molar-refractivity contribution in [2.45, 2.75) is 20.0 Å². The number of nitrogens with one attached hydrogen (secondary N) is 1. The summed E-state index contributed by atoms with van der Waals surface area (Å²) in [6, 6.07) is 4.76. The number of halogens is 5. The Morgan fingerprint density at radius 1 is 1.09 bits per heavy atom. The lowest BCUT2D eigenvalue weighted by molar-refractivity contribution is 0.0691. The summed E-state index contributed by atoms with van der Waals surface area (Å²) in [7, 11) is 0. The zero-order chi connectivity index (χ0) is 24.9. The standard InChI is InChI=1S/C23H18Br4ClNO4/c1-4-5-6-7-11(2)12(3)33-15-9-8-13(10-14(15)28)29-22(30)16-17(23(31)32)19(25)21(27)20(26)18(16)24/h4-10,12H,2H2,1,3H3,(H,29,30)(H,31,32)/b5-4-,7-6-. The number of carbonyl (C=O) groups excluding carboxylic acids is 1. The molecular formula is C23H18Br4ClNO4. The smallest absolute Gasteiger partial charge is 0.337 e. The van der Waals surface area contributed by atoms with Crippen LogP contribution in [-0.2, 0) is 0 Å². The SMILES string of the molecule is C=C(/C=C\C=C/C)C(C)Oc1ccc(NC(=O)c2c(Br)c(Br)c(Br)c(Br)c2C(=O)O)cc1Cl. The number of hydrogen-bond acceptors (Lipinski definition) is 3. The van der Waals surface area contributed by atoms with Gasteiger partial charge in [0.2, 0.25) is 0 Å². The number of hydrogen-bond donors (Lipinski definition) is 2. The van der Waals surface area contributed by atoms with Gasteiger partial charge >= 0.3 is 5.97 Å². The molecule has 0 saturated carbocycles. The van der Waals surface area contributed by atoms with Crippen LogP contribution in [0.5, 0.6) is 5.75 Å². The molecule has 0 aliphatic carbocycles. The van der Waals surface area contributed by atoms with Gasteiger partial charge in [-0.25, -0.2) is 4.79 Å². The second-order valence-electron chi connectivity index (χ2n) is 6.63. The maximum atomic E-state index is 13.0. The molecule has 5 nitrogen and oxygen atoms in total. The van der Waals surface area contributed by atoms with Crippen LogP contribution in [0, 0.1) is 0 Å². The van der Waals surface area contributed by atoms with Gasteiger partial charge in [-0.05, 0) is 101 Å². The van der Waals surface area contributed by atoms with Crippen molar-refractivity contribution in [3.05, 3.63) is 88.7 Å². The normalized spacial score (nSPS) is 12.2. The summed E-state index contributed by atoms with van der Waals surface area (Å²) in [5.41, 5.74) is 0.881. The molecule has 0 aliphatic heterocycles. The number of anilines is 1. The number of carboxylic acids is 1. The second kappa shape index (κ2) is 12.4. The van der Waals surface area contributed by atoms with Crippen LogP contribution in [0.15, 0.2) is 72.5 Å². The fourth-order valence-electron chi connectivity index (χ4n) is 2.61. The van der Waals surface area contributed by atoms with E-state index >= 15 is 0 Å². The molecule has 0 heterocycles. The molecule has 1 atom stereocenters. The van der Waals surface area contributed by atoms with Gasteiger partial charge < -0.3 is 15.2 Å². The highest BCUT2D eigenvalue weighted by atomic mass is 79.9. The number of rotatable bonds is 8. The monoisotopic (exact) mass is 723 g/mol. The third-order valence-electron chi connectivity index (χ3n) is 4.34. The van der Waals surface area contributed by atoms with Crippen LogP contribution >= 0.6 is 75.3 Å². The van der Waals surface area contributed by atoms with Crippen molar-refractivity contribution < 1.29 is 19.4 Å². The first-order valence-corrected chi connectivity index (χ1v) is 12.9. The number of aromatic carboxylic acids is 1. The van der Waals surface area contributed by atoms with E-state index < -0.39 is 11.9 Å². The molecule has 33 heavy (non-hydrogen) atoms. The van der Waals surface area contributed by atoms with Crippen molar-refractivity contribution >= 4 is 92.9 Å². The molecule has 10 heteroatoms. The van der Waals surface area contributed by atoms with Gasteiger partial charge in [0.25, 0.3) is 5.91 Å². The van der Waals surface area contributed by atoms with Crippen LogP contribution in [0.25, 0.3) is 0 Å². The molecule has 174 valence electrons. The summed E-state index contributed by atoms with van der Waals surface area (Å²) >= 11 is 19.5. The average Bonchev–Trinajstić information content (AvgIpc) is 2.76. The summed E-state index contributed by atoms with van der Waals surface area (Å²) in [6.45, 7) is 7.75. The van der Waals surface area contributed by atoms with Crippen LogP contribution < -0.4 is 10.1 Å². The highest BCUT2D eigenvalue weighted by molar-refractivity contribution is 9.15. The van der Waals surface area contributed by atoms with Gasteiger partial charge in [0.15, 0.2) is 0 Å². The van der Waals surface area contributed by atoms with Gasteiger partial charge in [-0.3, -0.25) is 4.79 Å². The van der Waals surface area contributed by atoms with Crippen LogP contribution in [-0.4, -0.2) is 23.1 Å². The minimum Gasteiger partial charge on any atom is -0.484 e. The topological polar surface area (TPSA) is 75.6 Å². The molecule has 1 unspecified atom stereocenters. The Bertz CT molecular complexity index is 1180. The van der Waals surface area contributed by atoms with Gasteiger partial charge in [0, 0.05) is 23.6 Å². The van der Waals surface area contributed by atoms with Crippen molar-refractivity contribution in [3.8, 4) is 5.75 Å². The molecule has 0 bridgehead atoms. The highest BCUT2D eigenvalue weighted by Crippen LogP contribution is 2.42. The number of ether oxygens (including phenoxy) is 1. The van der Waals surface area contributed by atoms with E-state index in [1.165, 1.54) is 6.07 Å². The molecule has 2 aromatic carbocycles. The third kappa shape index (κ3) is 6.82. The van der Waals surface area contributed by atoms with E-state index in [-0.39, 0.29) is 31.2 Å². The van der Waals surface area contributed by atoms with Crippen LogP contribution in [0.2, 0.25) is 5.02 Å². The molecule has 0 radical (unpaired) electrons. The van der Waals surface area contributed by atoms with Crippen LogP contribution in [0.4, 0.5) is 5.69 Å². The van der Waals surface area contributed by atoms with Gasteiger partial charge in [-0.15, -0.1) is 0 Å². The molecule has 0 spiro atoms. The number of carboxylic acid groups (broad SMARTS) is 1. The molecular weight excluding hydrogens is 709 g/mol. The summed E-state index contributed by atoms with van der Waals surface area (Å²) in [5, 5.41) is 12.6. The fourth-order valence-corrected chi connectivity index (χ4v) is 5.30. The lowest BCUT2D eigenvalue weighted by atomic mass is 10.1. The molecule has 0 aromatic heterocycles. The van der Waals surface area contributed by atoms with E-state index in [1.54, 1.807) is 12.1 Å². The Hall–Kier alpha value is -1.39. The highest BCUT2D eigenvalue weighted by Gasteiger charge is 2.28. The zero-order valence-corrected chi connectivity index (χ0v) is 24.5. The van der Waals surface area contributed by atoms with Crippen LogP contribution in [0.3, 0.4) is 0 Å². The number of allylic oxidation sites excluding steroid dienone is 3. The summed E-state index contributed by atoms with van der Waals surface area (Å²) < 4.78 is 7.35. The first-order valence-electron chi connectivity index (χ1n) is 9.34. The minimum absolute atomic E-state index is 0.0567. The summed E-state index contributed by atoms with van der Waals surface area (Å²) in [4.78, 5) is 24.8. The fraction of sp³-hybridized carbons (Fsp3) is 0.130. The van der Waals surface area contributed by atoms with E-state index in [0.717, 1.165) is 5.57 Å². The first kappa shape index (κ1) is 27.9. The van der Waals surface area contributed by atoms with Crippen molar-refractivity contribution in [3.63, 3.8) is 0 Å². The molecule has 2 aromatic rings. The Morgan fingerprint density at radius 3 is 2.24 bits per heavy atom. The predicted molar refractivity (Wildman–Crippen MR) is 147 cm³/mol.